The fraction of sp³-hybridized carbons (Fsp3) is 0.250. The minimum atomic E-state index is -0.461. The Morgan fingerprint density at radius 2 is 2.08 bits per heavy atom. The normalized spacial score (nSPS) is 9.83. The quantitative estimate of drug-likeness (QED) is 0.631. The Morgan fingerprint density at radius 3 is 2.50 bits per heavy atom. The number of aromatic nitrogens is 1. The lowest BCUT2D eigenvalue weighted by Crippen LogP contribution is -2.16. The molecule has 0 aliphatic rings. The van der Waals surface area contributed by atoms with Crippen LogP contribution < -0.4 is 11.5 Å². The maximum Gasteiger partial charge on any atom is 0.250 e. The minimum Gasteiger partial charge on any atom is -0.384 e. The third kappa shape index (κ3) is 1.37. The van der Waals surface area contributed by atoms with Crippen LogP contribution in [-0.2, 0) is 0 Å². The molecule has 1 rings (SSSR count). The highest BCUT2D eigenvalue weighted by Gasteiger charge is 2.09. The van der Waals surface area contributed by atoms with Gasteiger partial charge in [0.1, 0.15) is 5.82 Å². The molecule has 1 aromatic heterocycles. The first-order valence-electron chi connectivity index (χ1n) is 3.56. The van der Waals surface area contributed by atoms with Crippen LogP contribution in [0.2, 0.25) is 0 Å². The van der Waals surface area contributed by atoms with Gasteiger partial charge in [-0.15, -0.1) is 0 Å². The van der Waals surface area contributed by atoms with Gasteiger partial charge in [0.15, 0.2) is 0 Å². The van der Waals surface area contributed by atoms with Crippen molar-refractivity contribution in [2.45, 2.75) is 13.8 Å². The Balaban J connectivity index is 3.38. The number of aryl methyl sites for hydroxylation is 2. The van der Waals surface area contributed by atoms with Gasteiger partial charge in [0.05, 0.1) is 11.3 Å². The van der Waals surface area contributed by atoms with Crippen molar-refractivity contribution in [2.24, 2.45) is 5.73 Å². The molecule has 0 bridgehead atoms. The highest BCUT2D eigenvalue weighted by molar-refractivity contribution is 5.95. The summed E-state index contributed by atoms with van der Waals surface area (Å²) in [6.45, 7) is 3.49. The fourth-order valence-electron chi connectivity index (χ4n) is 1.23. The number of carbonyl (C=O) groups is 1. The molecule has 12 heavy (non-hydrogen) atoms. The SMILES string of the molecule is Cc1cc(N)nc(C)c1C(N)=O. The lowest BCUT2D eigenvalue weighted by Gasteiger charge is -2.05. The number of nitrogens with two attached hydrogens (primary N) is 2. The highest BCUT2D eigenvalue weighted by atomic mass is 16.1. The zero-order valence-corrected chi connectivity index (χ0v) is 7.09. The number of primary amides is 1. The van der Waals surface area contributed by atoms with Crippen LogP contribution in [0.15, 0.2) is 6.07 Å². The van der Waals surface area contributed by atoms with Crippen LogP contribution in [0, 0.1) is 13.8 Å². The van der Waals surface area contributed by atoms with Crippen LogP contribution in [0.25, 0.3) is 0 Å². The van der Waals surface area contributed by atoms with Gasteiger partial charge in [-0.05, 0) is 25.5 Å². The molecule has 0 atom stereocenters. The van der Waals surface area contributed by atoms with Crippen LogP contribution in [0.3, 0.4) is 0 Å². The van der Waals surface area contributed by atoms with Crippen molar-refractivity contribution < 1.29 is 4.79 Å². The van der Waals surface area contributed by atoms with E-state index in [1.807, 2.05) is 0 Å². The standard InChI is InChI=1S/C8H11N3O/c1-4-3-6(9)11-5(2)7(4)8(10)12/h3H,1-2H3,(H2,9,11)(H2,10,12). The van der Waals surface area contributed by atoms with E-state index >= 15 is 0 Å². The second-order valence-electron chi connectivity index (χ2n) is 2.69. The zero-order valence-electron chi connectivity index (χ0n) is 7.09. The average Bonchev–Trinajstić information content (AvgIpc) is 1.82. The van der Waals surface area contributed by atoms with Crippen LogP contribution in [-0.4, -0.2) is 10.9 Å². The number of hydrogen-bond donors (Lipinski definition) is 2. The Hall–Kier alpha value is -1.58. The largest absolute Gasteiger partial charge is 0.384 e. The number of rotatable bonds is 1. The molecule has 0 unspecified atom stereocenters. The van der Waals surface area contributed by atoms with Gasteiger partial charge < -0.3 is 11.5 Å². The van der Waals surface area contributed by atoms with Crippen LogP contribution in [0.1, 0.15) is 21.6 Å². The second kappa shape index (κ2) is 2.81. The Labute approximate surface area is 70.6 Å². The van der Waals surface area contributed by atoms with Crippen molar-refractivity contribution in [3.8, 4) is 0 Å². The molecule has 0 saturated heterocycles. The summed E-state index contributed by atoms with van der Waals surface area (Å²) in [6, 6.07) is 1.63. The van der Waals surface area contributed by atoms with Gasteiger partial charge >= 0.3 is 0 Å². The van der Waals surface area contributed by atoms with Gasteiger partial charge in [-0.25, -0.2) is 4.98 Å². The first kappa shape index (κ1) is 8.52. The molecular formula is C8H11N3O. The predicted molar refractivity (Wildman–Crippen MR) is 46.6 cm³/mol. The summed E-state index contributed by atoms with van der Waals surface area (Å²) in [4.78, 5) is 14.8. The Bertz CT molecular complexity index is 310. The third-order valence-corrected chi connectivity index (χ3v) is 1.66. The van der Waals surface area contributed by atoms with Crippen LogP contribution >= 0.6 is 0 Å². The summed E-state index contributed by atoms with van der Waals surface area (Å²) < 4.78 is 0. The number of hydrogen-bond acceptors (Lipinski definition) is 3. The summed E-state index contributed by atoms with van der Waals surface area (Å²) in [7, 11) is 0. The Morgan fingerprint density at radius 1 is 1.50 bits per heavy atom. The first-order chi connectivity index (χ1) is 5.52. The molecule has 0 aliphatic carbocycles. The molecule has 4 heteroatoms. The molecule has 0 spiro atoms. The number of pyridine rings is 1. The number of amides is 1. The van der Waals surface area contributed by atoms with E-state index in [9.17, 15) is 4.79 Å². The van der Waals surface area contributed by atoms with E-state index in [1.54, 1.807) is 19.9 Å². The minimum absolute atomic E-state index is 0.412. The third-order valence-electron chi connectivity index (χ3n) is 1.66. The molecule has 0 aromatic carbocycles. The van der Waals surface area contributed by atoms with E-state index in [0.717, 1.165) is 5.56 Å². The van der Waals surface area contributed by atoms with Crippen molar-refractivity contribution in [1.82, 2.24) is 4.98 Å². The van der Waals surface area contributed by atoms with E-state index in [0.29, 0.717) is 17.1 Å². The van der Waals surface area contributed by atoms with Crippen molar-refractivity contribution in [2.75, 3.05) is 5.73 Å². The van der Waals surface area contributed by atoms with Gasteiger partial charge in [0.25, 0.3) is 5.91 Å². The molecular weight excluding hydrogens is 154 g/mol. The summed E-state index contributed by atoms with van der Waals surface area (Å²) in [5.74, 6) is -0.0486. The van der Waals surface area contributed by atoms with E-state index in [1.165, 1.54) is 0 Å². The first-order valence-corrected chi connectivity index (χ1v) is 3.56. The van der Waals surface area contributed by atoms with E-state index in [-0.39, 0.29) is 0 Å². The maximum atomic E-state index is 10.9. The summed E-state index contributed by atoms with van der Waals surface area (Å²) in [5.41, 5.74) is 12.4. The summed E-state index contributed by atoms with van der Waals surface area (Å²) in [5, 5.41) is 0. The van der Waals surface area contributed by atoms with Gasteiger partial charge in [-0.1, -0.05) is 0 Å². The Kier molecular flexibility index (Phi) is 1.99. The average molecular weight is 165 g/mol. The smallest absolute Gasteiger partial charge is 0.250 e. The topological polar surface area (TPSA) is 82.0 Å². The molecule has 0 aliphatic heterocycles. The van der Waals surface area contributed by atoms with Crippen molar-refractivity contribution in [3.05, 3.63) is 22.9 Å². The molecule has 1 heterocycles. The number of carbonyl (C=O) groups excluding carboxylic acids is 1. The molecule has 0 fully saturated rings. The van der Waals surface area contributed by atoms with E-state index in [4.69, 9.17) is 11.5 Å². The summed E-state index contributed by atoms with van der Waals surface area (Å²) >= 11 is 0. The molecule has 1 aromatic rings. The molecule has 1 amide bonds. The fourth-order valence-corrected chi connectivity index (χ4v) is 1.23. The van der Waals surface area contributed by atoms with E-state index in [2.05, 4.69) is 4.98 Å². The van der Waals surface area contributed by atoms with Gasteiger partial charge in [0.2, 0.25) is 0 Å². The molecule has 4 nitrogen and oxygen atoms in total. The lowest BCUT2D eigenvalue weighted by atomic mass is 10.1. The maximum absolute atomic E-state index is 10.9. The van der Waals surface area contributed by atoms with E-state index < -0.39 is 5.91 Å². The highest BCUT2D eigenvalue weighted by Crippen LogP contribution is 2.13. The number of nitrogen functional groups attached to an aromatic ring is 1. The molecule has 0 saturated carbocycles. The summed E-state index contributed by atoms with van der Waals surface area (Å²) in [6.07, 6.45) is 0. The number of nitrogens with zero attached hydrogens (tertiary/aromatic N) is 1. The van der Waals surface area contributed by atoms with Crippen molar-refractivity contribution in [3.63, 3.8) is 0 Å². The second-order valence-corrected chi connectivity index (χ2v) is 2.69. The van der Waals surface area contributed by atoms with Gasteiger partial charge in [-0.3, -0.25) is 4.79 Å². The molecule has 4 N–H and O–H groups in total. The molecule has 0 radical (unpaired) electrons. The zero-order chi connectivity index (χ0) is 9.30. The monoisotopic (exact) mass is 165 g/mol. The van der Waals surface area contributed by atoms with Crippen LogP contribution in [0.5, 0.6) is 0 Å². The number of anilines is 1. The predicted octanol–water partition coefficient (Wildman–Crippen LogP) is 0.380. The lowest BCUT2D eigenvalue weighted by molar-refractivity contribution is 0.0999. The van der Waals surface area contributed by atoms with Gasteiger partial charge in [-0.2, -0.15) is 0 Å². The van der Waals surface area contributed by atoms with Crippen molar-refractivity contribution in [1.29, 1.82) is 0 Å². The van der Waals surface area contributed by atoms with Crippen molar-refractivity contribution >= 4 is 11.7 Å². The van der Waals surface area contributed by atoms with Gasteiger partial charge in [0, 0.05) is 0 Å². The van der Waals surface area contributed by atoms with Crippen LogP contribution in [0.4, 0.5) is 5.82 Å². The molecule has 64 valence electrons.